The van der Waals surface area contributed by atoms with E-state index in [0.29, 0.717) is 6.42 Å². The molecule has 10 heavy (non-hydrogen) atoms. The Labute approximate surface area is 65.4 Å². The first-order valence-electron chi connectivity index (χ1n) is 3.19. The molecule has 1 atom stereocenters. The van der Waals surface area contributed by atoms with Gasteiger partial charge in [0.05, 0.1) is 5.41 Å². The Kier molecular flexibility index (Phi) is 1.95. The van der Waals surface area contributed by atoms with Gasteiger partial charge in [-0.05, 0) is 24.9 Å². The van der Waals surface area contributed by atoms with Crippen molar-refractivity contribution in [3.8, 4) is 0 Å². The fourth-order valence-electron chi connectivity index (χ4n) is 0.873. The fourth-order valence-corrected chi connectivity index (χ4v) is 1.01. The van der Waals surface area contributed by atoms with E-state index < -0.39 is 5.41 Å². The van der Waals surface area contributed by atoms with Crippen molar-refractivity contribution >= 4 is 16.8 Å². The summed E-state index contributed by atoms with van der Waals surface area (Å²) in [7, 11) is 0. The van der Waals surface area contributed by atoms with Crippen molar-refractivity contribution < 1.29 is 4.79 Å². The van der Waals surface area contributed by atoms with Gasteiger partial charge in [-0.25, -0.2) is 0 Å². The predicted octanol–water partition coefficient (Wildman–Crippen LogP) is 2.27. The summed E-state index contributed by atoms with van der Waals surface area (Å²) in [4.78, 5) is 10.8. The van der Waals surface area contributed by atoms with Crippen molar-refractivity contribution in [1.29, 1.82) is 0 Å². The minimum Gasteiger partial charge on any atom is -0.280 e. The van der Waals surface area contributed by atoms with E-state index in [9.17, 15) is 4.79 Å². The van der Waals surface area contributed by atoms with Gasteiger partial charge in [0.15, 0.2) is 0 Å². The summed E-state index contributed by atoms with van der Waals surface area (Å²) < 4.78 is 0. The maximum absolute atomic E-state index is 10.8. The Bertz CT molecular complexity index is 205. The van der Waals surface area contributed by atoms with Crippen LogP contribution in [0.15, 0.2) is 24.3 Å². The van der Waals surface area contributed by atoms with Crippen LogP contribution in [-0.2, 0) is 4.79 Å². The normalized spacial score (nSPS) is 30.6. The molecule has 0 saturated heterocycles. The third-order valence-electron chi connectivity index (χ3n) is 1.70. The van der Waals surface area contributed by atoms with Crippen molar-refractivity contribution in [1.82, 2.24) is 0 Å². The van der Waals surface area contributed by atoms with Crippen LogP contribution in [0.3, 0.4) is 0 Å². The van der Waals surface area contributed by atoms with Crippen LogP contribution in [0.4, 0.5) is 0 Å². The Morgan fingerprint density at radius 2 is 2.30 bits per heavy atom. The molecule has 54 valence electrons. The summed E-state index contributed by atoms with van der Waals surface area (Å²) in [6.07, 6.45) is 8.26. The topological polar surface area (TPSA) is 17.1 Å². The molecule has 0 radical (unpaired) electrons. The van der Waals surface area contributed by atoms with Crippen molar-refractivity contribution in [3.05, 3.63) is 24.3 Å². The molecule has 0 aromatic heterocycles. The largest absolute Gasteiger partial charge is 0.280 e. The van der Waals surface area contributed by atoms with Gasteiger partial charge >= 0.3 is 0 Å². The second kappa shape index (κ2) is 2.59. The molecule has 0 bridgehead atoms. The summed E-state index contributed by atoms with van der Waals surface area (Å²) in [5.41, 5.74) is -0.462. The fraction of sp³-hybridized carbons (Fsp3) is 0.375. The van der Waals surface area contributed by atoms with E-state index in [-0.39, 0.29) is 5.24 Å². The molecule has 0 amide bonds. The van der Waals surface area contributed by atoms with Gasteiger partial charge in [-0.1, -0.05) is 24.3 Å². The summed E-state index contributed by atoms with van der Waals surface area (Å²) >= 11 is 5.37. The second-order valence-corrected chi connectivity index (χ2v) is 3.03. The third kappa shape index (κ3) is 1.29. The quantitative estimate of drug-likeness (QED) is 0.533. The first-order valence-corrected chi connectivity index (χ1v) is 3.57. The summed E-state index contributed by atoms with van der Waals surface area (Å²) in [6, 6.07) is 0. The van der Waals surface area contributed by atoms with Gasteiger partial charge in [0, 0.05) is 0 Å². The lowest BCUT2D eigenvalue weighted by molar-refractivity contribution is -0.117. The highest BCUT2D eigenvalue weighted by Gasteiger charge is 2.27. The first-order chi connectivity index (χ1) is 4.65. The lowest BCUT2D eigenvalue weighted by Crippen LogP contribution is -2.21. The maximum atomic E-state index is 10.8. The minimum atomic E-state index is -0.462. The summed E-state index contributed by atoms with van der Waals surface area (Å²) in [5.74, 6) is 0. The van der Waals surface area contributed by atoms with Crippen molar-refractivity contribution in [2.24, 2.45) is 5.41 Å². The molecule has 1 nitrogen and oxygen atoms in total. The van der Waals surface area contributed by atoms with Gasteiger partial charge in [-0.3, -0.25) is 4.79 Å². The Morgan fingerprint density at radius 3 is 2.60 bits per heavy atom. The number of halogens is 1. The van der Waals surface area contributed by atoms with Crippen LogP contribution in [0.25, 0.3) is 0 Å². The van der Waals surface area contributed by atoms with E-state index in [0.717, 1.165) is 0 Å². The van der Waals surface area contributed by atoms with Gasteiger partial charge in [-0.15, -0.1) is 0 Å². The monoisotopic (exact) mass is 156 g/mol. The van der Waals surface area contributed by atoms with Gasteiger partial charge in [-0.2, -0.15) is 0 Å². The Morgan fingerprint density at radius 1 is 1.60 bits per heavy atom. The molecule has 1 rings (SSSR count). The van der Waals surface area contributed by atoms with Gasteiger partial charge < -0.3 is 0 Å². The average molecular weight is 157 g/mol. The maximum Gasteiger partial charge on any atom is 0.231 e. The molecule has 2 heteroatoms. The van der Waals surface area contributed by atoms with E-state index in [4.69, 9.17) is 11.6 Å². The molecule has 0 heterocycles. The van der Waals surface area contributed by atoms with Crippen molar-refractivity contribution in [3.63, 3.8) is 0 Å². The van der Waals surface area contributed by atoms with Crippen LogP contribution in [0.2, 0.25) is 0 Å². The van der Waals surface area contributed by atoms with Gasteiger partial charge in [0.2, 0.25) is 5.24 Å². The zero-order chi connectivity index (χ0) is 7.61. The molecule has 0 aliphatic heterocycles. The zero-order valence-electron chi connectivity index (χ0n) is 5.80. The lowest BCUT2D eigenvalue weighted by atomic mass is 9.85. The first kappa shape index (κ1) is 7.55. The van der Waals surface area contributed by atoms with E-state index in [1.807, 2.05) is 31.2 Å². The number of hydrogen-bond acceptors (Lipinski definition) is 1. The van der Waals surface area contributed by atoms with Gasteiger partial charge in [0.25, 0.3) is 0 Å². The summed E-state index contributed by atoms with van der Waals surface area (Å²) in [5, 5.41) is -0.284. The molecule has 1 aliphatic carbocycles. The van der Waals surface area contributed by atoms with Crippen LogP contribution in [-0.4, -0.2) is 5.24 Å². The number of hydrogen-bond donors (Lipinski definition) is 0. The number of allylic oxidation sites excluding steroid dienone is 4. The van der Waals surface area contributed by atoms with Crippen LogP contribution < -0.4 is 0 Å². The molecule has 0 saturated carbocycles. The number of carbonyl (C=O) groups is 1. The highest BCUT2D eigenvalue weighted by molar-refractivity contribution is 6.64. The van der Waals surface area contributed by atoms with E-state index in [2.05, 4.69) is 0 Å². The Balaban J connectivity index is 2.80. The highest BCUT2D eigenvalue weighted by atomic mass is 35.5. The number of rotatable bonds is 1. The molecule has 1 aliphatic rings. The van der Waals surface area contributed by atoms with Gasteiger partial charge in [0.1, 0.15) is 0 Å². The molecule has 0 spiro atoms. The average Bonchev–Trinajstić information content (AvgIpc) is 1.89. The van der Waals surface area contributed by atoms with E-state index in [1.54, 1.807) is 0 Å². The standard InChI is InChI=1S/C8H9ClO/c1-8(7(9)10)5-3-2-4-6-8/h2-5H,6H2,1H3. The molecular weight excluding hydrogens is 148 g/mol. The lowest BCUT2D eigenvalue weighted by Gasteiger charge is -2.20. The molecule has 0 N–H and O–H groups in total. The minimum absolute atomic E-state index is 0.284. The second-order valence-electron chi connectivity index (χ2n) is 2.68. The van der Waals surface area contributed by atoms with E-state index >= 15 is 0 Å². The molecule has 0 fully saturated rings. The smallest absolute Gasteiger partial charge is 0.231 e. The molecule has 0 aromatic carbocycles. The predicted molar refractivity (Wildman–Crippen MR) is 41.9 cm³/mol. The van der Waals surface area contributed by atoms with Crippen LogP contribution >= 0.6 is 11.6 Å². The molecule has 0 aromatic rings. The van der Waals surface area contributed by atoms with Crippen molar-refractivity contribution in [2.75, 3.05) is 0 Å². The highest BCUT2D eigenvalue weighted by Crippen LogP contribution is 2.29. The third-order valence-corrected chi connectivity index (χ3v) is 2.13. The van der Waals surface area contributed by atoms with Crippen molar-refractivity contribution in [2.45, 2.75) is 13.3 Å². The SMILES string of the molecule is CC1(C(=O)Cl)C=CC=CC1. The van der Waals surface area contributed by atoms with Crippen LogP contribution in [0.1, 0.15) is 13.3 Å². The van der Waals surface area contributed by atoms with E-state index in [1.165, 1.54) is 0 Å². The van der Waals surface area contributed by atoms with Crippen LogP contribution in [0.5, 0.6) is 0 Å². The summed E-state index contributed by atoms with van der Waals surface area (Å²) in [6.45, 7) is 1.84. The molecular formula is C8H9ClO. The molecule has 1 unspecified atom stereocenters. The Hall–Kier alpha value is -0.560. The zero-order valence-corrected chi connectivity index (χ0v) is 6.56. The van der Waals surface area contributed by atoms with Crippen LogP contribution in [0, 0.1) is 5.41 Å². The number of carbonyl (C=O) groups excluding carboxylic acids is 1.